The maximum absolute atomic E-state index is 12.8. The first-order valence-corrected chi connectivity index (χ1v) is 6.40. The van der Waals surface area contributed by atoms with Gasteiger partial charge in [0.05, 0.1) is 29.1 Å². The van der Waals surface area contributed by atoms with Crippen LogP contribution in [0.25, 0.3) is 0 Å². The lowest BCUT2D eigenvalue weighted by Crippen LogP contribution is -2.24. The van der Waals surface area contributed by atoms with Crippen LogP contribution in [0, 0.1) is 5.82 Å². The van der Waals surface area contributed by atoms with Crippen LogP contribution in [0.3, 0.4) is 0 Å². The minimum absolute atomic E-state index is 0.313. The van der Waals surface area contributed by atoms with E-state index in [1.165, 1.54) is 6.07 Å². The molecule has 0 saturated heterocycles. The van der Waals surface area contributed by atoms with Crippen LogP contribution in [0.2, 0.25) is 10.0 Å². The maximum atomic E-state index is 12.8. The fourth-order valence-corrected chi connectivity index (χ4v) is 2.48. The highest BCUT2D eigenvalue weighted by Gasteiger charge is 2.24. The molecule has 0 fully saturated rings. The second-order valence-electron chi connectivity index (χ2n) is 4.15. The van der Waals surface area contributed by atoms with E-state index in [2.05, 4.69) is 10.3 Å². The minimum atomic E-state index is -0.377. The molecule has 1 aliphatic rings. The number of hydrogen-bond acceptors (Lipinski definition) is 3. The molecule has 1 aromatic carbocycles. The Kier molecular flexibility index (Phi) is 3.21. The number of pyridine rings is 1. The molecule has 0 amide bonds. The van der Waals surface area contributed by atoms with Crippen LogP contribution in [-0.4, -0.2) is 11.5 Å². The van der Waals surface area contributed by atoms with Crippen LogP contribution in [0.15, 0.2) is 30.5 Å². The van der Waals surface area contributed by atoms with E-state index in [9.17, 15) is 4.39 Å². The Labute approximate surface area is 119 Å². The second-order valence-corrected chi connectivity index (χ2v) is 5.00. The van der Waals surface area contributed by atoms with Crippen molar-refractivity contribution in [3.8, 4) is 5.75 Å². The lowest BCUT2D eigenvalue weighted by molar-refractivity contribution is 0.205. The van der Waals surface area contributed by atoms with Gasteiger partial charge in [-0.05, 0) is 24.3 Å². The highest BCUT2D eigenvalue weighted by molar-refractivity contribution is 6.36. The summed E-state index contributed by atoms with van der Waals surface area (Å²) >= 11 is 12.0. The van der Waals surface area contributed by atoms with Gasteiger partial charge in [-0.25, -0.2) is 4.39 Å². The van der Waals surface area contributed by atoms with Crippen molar-refractivity contribution in [2.75, 3.05) is 11.9 Å². The third kappa shape index (κ3) is 2.46. The number of ether oxygens (including phenoxy) is 1. The summed E-state index contributed by atoms with van der Waals surface area (Å²) in [6.45, 7) is 0.516. The minimum Gasteiger partial charge on any atom is -0.479 e. The van der Waals surface area contributed by atoms with Gasteiger partial charge < -0.3 is 10.1 Å². The summed E-state index contributed by atoms with van der Waals surface area (Å²) in [5.41, 5.74) is 1.39. The van der Waals surface area contributed by atoms with Crippen molar-refractivity contribution in [2.24, 2.45) is 0 Å². The number of anilines is 1. The van der Waals surface area contributed by atoms with Crippen LogP contribution in [0.5, 0.6) is 5.75 Å². The zero-order valence-electron chi connectivity index (χ0n) is 9.66. The molecule has 98 valence electrons. The summed E-state index contributed by atoms with van der Waals surface area (Å²) in [6, 6.07) is 6.31. The predicted molar refractivity (Wildman–Crippen MR) is 72.5 cm³/mol. The molecule has 2 aromatic rings. The van der Waals surface area contributed by atoms with Crippen molar-refractivity contribution >= 4 is 28.9 Å². The van der Waals surface area contributed by atoms with E-state index in [1.54, 1.807) is 18.2 Å². The molecule has 0 aliphatic carbocycles. The number of benzene rings is 1. The van der Waals surface area contributed by atoms with Crippen molar-refractivity contribution < 1.29 is 9.13 Å². The Morgan fingerprint density at radius 3 is 2.89 bits per heavy atom. The molecule has 3 rings (SSSR count). The molecule has 0 spiro atoms. The van der Waals surface area contributed by atoms with Gasteiger partial charge in [0.1, 0.15) is 5.82 Å². The largest absolute Gasteiger partial charge is 0.479 e. The van der Waals surface area contributed by atoms with Crippen LogP contribution >= 0.6 is 23.2 Å². The molecule has 6 heteroatoms. The topological polar surface area (TPSA) is 34.1 Å². The van der Waals surface area contributed by atoms with Gasteiger partial charge in [0, 0.05) is 5.02 Å². The fraction of sp³-hybridized carbons (Fsp3) is 0.154. The van der Waals surface area contributed by atoms with E-state index < -0.39 is 0 Å². The molecule has 19 heavy (non-hydrogen) atoms. The number of halogens is 3. The predicted octanol–water partition coefficient (Wildman–Crippen LogP) is 4.07. The average Bonchev–Trinajstić information content (AvgIpc) is 2.39. The lowest BCUT2D eigenvalue weighted by Gasteiger charge is -2.27. The van der Waals surface area contributed by atoms with Crippen molar-refractivity contribution in [3.63, 3.8) is 0 Å². The van der Waals surface area contributed by atoms with Gasteiger partial charge in [-0.2, -0.15) is 0 Å². The smallest absolute Gasteiger partial charge is 0.162 e. The van der Waals surface area contributed by atoms with Crippen LogP contribution in [0.4, 0.5) is 10.1 Å². The van der Waals surface area contributed by atoms with Gasteiger partial charge in [-0.3, -0.25) is 4.98 Å². The van der Waals surface area contributed by atoms with Gasteiger partial charge in [0.15, 0.2) is 11.9 Å². The quantitative estimate of drug-likeness (QED) is 0.861. The highest BCUT2D eigenvalue weighted by atomic mass is 35.5. The summed E-state index contributed by atoms with van der Waals surface area (Å²) in [5.74, 6) is 0.158. The average molecular weight is 299 g/mol. The molecule has 0 saturated carbocycles. The van der Waals surface area contributed by atoms with Crippen LogP contribution in [-0.2, 0) is 0 Å². The molecule has 1 aromatic heterocycles. The molecule has 1 atom stereocenters. The fourth-order valence-electron chi connectivity index (χ4n) is 1.94. The molecule has 0 radical (unpaired) electrons. The molecular formula is C13H9Cl2FN2O. The Balaban J connectivity index is 1.92. The van der Waals surface area contributed by atoms with Crippen molar-refractivity contribution in [1.29, 1.82) is 0 Å². The first kappa shape index (κ1) is 12.5. The van der Waals surface area contributed by atoms with Crippen LogP contribution in [0.1, 0.15) is 11.8 Å². The third-order valence-corrected chi connectivity index (χ3v) is 3.33. The van der Waals surface area contributed by atoms with Gasteiger partial charge in [0.2, 0.25) is 0 Å². The monoisotopic (exact) mass is 298 g/mol. The third-order valence-electron chi connectivity index (χ3n) is 2.83. The SMILES string of the molecule is Fc1ccc(C2CNc3cc(Cl)cc(Cl)c3O2)nc1. The molecule has 1 N–H and O–H groups in total. The summed E-state index contributed by atoms with van der Waals surface area (Å²) in [7, 11) is 0. The molecule has 3 nitrogen and oxygen atoms in total. The normalized spacial score (nSPS) is 17.3. The zero-order valence-corrected chi connectivity index (χ0v) is 11.2. The van der Waals surface area contributed by atoms with Crippen molar-refractivity contribution in [1.82, 2.24) is 4.98 Å². The van der Waals surface area contributed by atoms with E-state index in [0.717, 1.165) is 11.9 Å². The Hall–Kier alpha value is -1.52. The Morgan fingerprint density at radius 2 is 2.16 bits per heavy atom. The lowest BCUT2D eigenvalue weighted by atomic mass is 10.1. The van der Waals surface area contributed by atoms with Crippen molar-refractivity contribution in [3.05, 3.63) is 52.0 Å². The van der Waals surface area contributed by atoms with Gasteiger partial charge in [-0.15, -0.1) is 0 Å². The Morgan fingerprint density at radius 1 is 1.32 bits per heavy atom. The van der Waals surface area contributed by atoms with Gasteiger partial charge in [0.25, 0.3) is 0 Å². The first-order chi connectivity index (χ1) is 9.13. The van der Waals surface area contributed by atoms with Gasteiger partial charge >= 0.3 is 0 Å². The van der Waals surface area contributed by atoms with E-state index in [1.807, 2.05) is 0 Å². The van der Waals surface area contributed by atoms with Crippen LogP contribution < -0.4 is 10.1 Å². The summed E-state index contributed by atoms with van der Waals surface area (Å²) in [5, 5.41) is 4.15. The number of aromatic nitrogens is 1. The van der Waals surface area contributed by atoms with E-state index in [-0.39, 0.29) is 11.9 Å². The highest BCUT2D eigenvalue weighted by Crippen LogP contribution is 2.41. The molecule has 1 unspecified atom stereocenters. The number of nitrogens with one attached hydrogen (secondary N) is 1. The maximum Gasteiger partial charge on any atom is 0.162 e. The first-order valence-electron chi connectivity index (χ1n) is 5.64. The van der Waals surface area contributed by atoms with E-state index in [4.69, 9.17) is 27.9 Å². The van der Waals surface area contributed by atoms with Crippen molar-refractivity contribution in [2.45, 2.75) is 6.10 Å². The summed E-state index contributed by atoms with van der Waals surface area (Å²) in [6.07, 6.45) is 0.851. The number of nitrogens with zero attached hydrogens (tertiary/aromatic N) is 1. The molecular weight excluding hydrogens is 290 g/mol. The number of hydrogen-bond donors (Lipinski definition) is 1. The van der Waals surface area contributed by atoms with E-state index >= 15 is 0 Å². The van der Waals surface area contributed by atoms with E-state index in [0.29, 0.717) is 28.0 Å². The zero-order chi connectivity index (χ0) is 13.4. The summed E-state index contributed by atoms with van der Waals surface area (Å²) < 4.78 is 18.7. The number of fused-ring (bicyclic) bond motifs is 1. The second kappa shape index (κ2) is 4.87. The standard InChI is InChI=1S/C13H9Cl2FN2O/c14-7-3-9(15)13-11(4-7)18-6-12(19-13)10-2-1-8(16)5-17-10/h1-5,12,18H,6H2. The van der Waals surface area contributed by atoms with Gasteiger partial charge in [-0.1, -0.05) is 23.2 Å². The molecule has 2 heterocycles. The Bertz CT molecular complexity index is 619. The summed E-state index contributed by atoms with van der Waals surface area (Å²) in [4.78, 5) is 4.01. The number of rotatable bonds is 1. The molecule has 1 aliphatic heterocycles. The molecule has 0 bridgehead atoms.